The molecule has 3 aromatic carbocycles. The smallest absolute Gasteiger partial charge is 0.234 e. The first-order valence-electron chi connectivity index (χ1n) is 7.32. The van der Waals surface area contributed by atoms with Gasteiger partial charge in [0.2, 0.25) is 5.91 Å². The predicted molar refractivity (Wildman–Crippen MR) is 100 cm³/mol. The van der Waals surface area contributed by atoms with E-state index in [4.69, 9.17) is 11.6 Å². The highest BCUT2D eigenvalue weighted by molar-refractivity contribution is 7.99. The Morgan fingerprint density at radius 1 is 0.957 bits per heavy atom. The molecule has 0 aromatic heterocycles. The molecular formula is C19H16ClNOS. The Kier molecular flexibility index (Phi) is 5.21. The number of halogens is 1. The second-order valence-corrected chi connectivity index (χ2v) is 6.62. The molecule has 0 spiro atoms. The van der Waals surface area contributed by atoms with E-state index in [2.05, 4.69) is 5.32 Å². The molecular weight excluding hydrogens is 326 g/mol. The largest absolute Gasteiger partial charge is 0.325 e. The molecule has 0 unspecified atom stereocenters. The third kappa shape index (κ3) is 4.27. The van der Waals surface area contributed by atoms with Crippen LogP contribution in [-0.2, 0) is 10.5 Å². The Balaban J connectivity index is 1.57. The lowest BCUT2D eigenvalue weighted by molar-refractivity contribution is -0.113. The third-order valence-electron chi connectivity index (χ3n) is 3.48. The Morgan fingerprint density at radius 3 is 2.52 bits per heavy atom. The van der Waals surface area contributed by atoms with Gasteiger partial charge in [-0.3, -0.25) is 4.79 Å². The van der Waals surface area contributed by atoms with E-state index in [1.54, 1.807) is 11.8 Å². The first kappa shape index (κ1) is 15.9. The van der Waals surface area contributed by atoms with E-state index >= 15 is 0 Å². The normalized spacial score (nSPS) is 10.7. The molecule has 4 heteroatoms. The number of thioether (sulfide) groups is 1. The van der Waals surface area contributed by atoms with Crippen molar-refractivity contribution in [2.45, 2.75) is 5.75 Å². The Labute approximate surface area is 144 Å². The van der Waals surface area contributed by atoms with Crippen LogP contribution >= 0.6 is 23.4 Å². The molecule has 1 amide bonds. The molecule has 116 valence electrons. The van der Waals surface area contributed by atoms with Crippen LogP contribution in [0.25, 0.3) is 10.8 Å². The van der Waals surface area contributed by atoms with Crippen molar-refractivity contribution in [3.63, 3.8) is 0 Å². The van der Waals surface area contributed by atoms with Gasteiger partial charge in [0.15, 0.2) is 0 Å². The van der Waals surface area contributed by atoms with Crippen LogP contribution in [-0.4, -0.2) is 11.7 Å². The lowest BCUT2D eigenvalue weighted by atomic mass is 10.1. The third-order valence-corrected chi connectivity index (χ3v) is 4.73. The van der Waals surface area contributed by atoms with Crippen LogP contribution in [0.2, 0.25) is 5.02 Å². The van der Waals surface area contributed by atoms with Crippen LogP contribution in [0.3, 0.4) is 0 Å². The number of carbonyl (C=O) groups is 1. The van der Waals surface area contributed by atoms with Gasteiger partial charge in [-0.1, -0.05) is 60.1 Å². The molecule has 2 nitrogen and oxygen atoms in total. The van der Waals surface area contributed by atoms with Gasteiger partial charge < -0.3 is 5.32 Å². The van der Waals surface area contributed by atoms with E-state index in [1.807, 2.05) is 66.7 Å². The first-order chi connectivity index (χ1) is 11.2. The Morgan fingerprint density at radius 2 is 1.70 bits per heavy atom. The summed E-state index contributed by atoms with van der Waals surface area (Å²) >= 11 is 7.45. The summed E-state index contributed by atoms with van der Waals surface area (Å²) in [5.74, 6) is 1.23. The fourth-order valence-electron chi connectivity index (χ4n) is 2.36. The SMILES string of the molecule is O=C(CSCc1ccc(Cl)cc1)Nc1cccc2ccccc12. The molecule has 3 rings (SSSR count). The number of benzene rings is 3. The second kappa shape index (κ2) is 7.53. The molecule has 1 N–H and O–H groups in total. The monoisotopic (exact) mass is 341 g/mol. The van der Waals surface area contributed by atoms with E-state index < -0.39 is 0 Å². The number of anilines is 1. The highest BCUT2D eigenvalue weighted by atomic mass is 35.5. The van der Waals surface area contributed by atoms with Crippen LogP contribution in [0, 0.1) is 0 Å². The van der Waals surface area contributed by atoms with Gasteiger partial charge in [0.25, 0.3) is 0 Å². The van der Waals surface area contributed by atoms with E-state index in [0.29, 0.717) is 5.75 Å². The van der Waals surface area contributed by atoms with Crippen molar-refractivity contribution in [1.29, 1.82) is 0 Å². The number of nitrogens with one attached hydrogen (secondary N) is 1. The highest BCUT2D eigenvalue weighted by Gasteiger charge is 2.06. The maximum absolute atomic E-state index is 12.1. The van der Waals surface area contributed by atoms with Gasteiger partial charge in [0, 0.05) is 21.8 Å². The molecule has 3 aromatic rings. The molecule has 0 atom stereocenters. The van der Waals surface area contributed by atoms with Crippen molar-refractivity contribution in [2.24, 2.45) is 0 Å². The summed E-state index contributed by atoms with van der Waals surface area (Å²) in [6, 6.07) is 21.7. The maximum Gasteiger partial charge on any atom is 0.234 e. The van der Waals surface area contributed by atoms with Crippen molar-refractivity contribution < 1.29 is 4.79 Å². The number of hydrogen-bond acceptors (Lipinski definition) is 2. The summed E-state index contributed by atoms with van der Waals surface area (Å²) < 4.78 is 0. The minimum Gasteiger partial charge on any atom is -0.325 e. The van der Waals surface area contributed by atoms with Gasteiger partial charge in [-0.25, -0.2) is 0 Å². The molecule has 0 saturated carbocycles. The van der Waals surface area contributed by atoms with E-state index in [-0.39, 0.29) is 5.91 Å². The average Bonchev–Trinajstić information content (AvgIpc) is 2.57. The lowest BCUT2D eigenvalue weighted by Gasteiger charge is -2.08. The standard InChI is InChI=1S/C19H16ClNOS/c20-16-10-8-14(9-11-16)12-23-13-19(22)21-18-7-3-5-15-4-1-2-6-17(15)18/h1-11H,12-13H2,(H,21,22). The van der Waals surface area contributed by atoms with Gasteiger partial charge in [0.1, 0.15) is 0 Å². The van der Waals surface area contributed by atoms with Gasteiger partial charge in [-0.05, 0) is 29.1 Å². The van der Waals surface area contributed by atoms with Crippen molar-refractivity contribution in [3.8, 4) is 0 Å². The number of rotatable bonds is 5. The number of hydrogen-bond donors (Lipinski definition) is 1. The molecule has 0 saturated heterocycles. The maximum atomic E-state index is 12.1. The van der Waals surface area contributed by atoms with Gasteiger partial charge in [-0.15, -0.1) is 11.8 Å². The van der Waals surface area contributed by atoms with Gasteiger partial charge >= 0.3 is 0 Å². The number of fused-ring (bicyclic) bond motifs is 1. The highest BCUT2D eigenvalue weighted by Crippen LogP contribution is 2.23. The predicted octanol–water partition coefficient (Wildman–Crippen LogP) is 5.37. The lowest BCUT2D eigenvalue weighted by Crippen LogP contribution is -2.14. The molecule has 0 aliphatic carbocycles. The van der Waals surface area contributed by atoms with Crippen molar-refractivity contribution in [3.05, 3.63) is 77.3 Å². The van der Waals surface area contributed by atoms with Crippen molar-refractivity contribution >= 4 is 45.7 Å². The topological polar surface area (TPSA) is 29.1 Å². The van der Waals surface area contributed by atoms with Crippen LogP contribution in [0.15, 0.2) is 66.7 Å². The molecule has 0 aliphatic heterocycles. The summed E-state index contributed by atoms with van der Waals surface area (Å²) in [6.07, 6.45) is 0. The molecule has 0 bridgehead atoms. The minimum absolute atomic E-state index is 0.0142. The summed E-state index contributed by atoms with van der Waals surface area (Å²) in [4.78, 5) is 12.1. The summed E-state index contributed by atoms with van der Waals surface area (Å²) in [5, 5.41) is 5.91. The minimum atomic E-state index is 0.0142. The molecule has 0 aliphatic rings. The van der Waals surface area contributed by atoms with Crippen LogP contribution in [0.1, 0.15) is 5.56 Å². The molecule has 0 fully saturated rings. The Hall–Kier alpha value is -1.97. The van der Waals surface area contributed by atoms with E-state index in [0.717, 1.165) is 32.8 Å². The van der Waals surface area contributed by atoms with Gasteiger partial charge in [-0.2, -0.15) is 0 Å². The summed E-state index contributed by atoms with van der Waals surface area (Å²) in [7, 11) is 0. The zero-order valence-corrected chi connectivity index (χ0v) is 14.0. The van der Waals surface area contributed by atoms with Crippen LogP contribution in [0.4, 0.5) is 5.69 Å². The zero-order chi connectivity index (χ0) is 16.1. The molecule has 0 heterocycles. The second-order valence-electron chi connectivity index (χ2n) is 5.19. The Bertz CT molecular complexity index is 812. The zero-order valence-electron chi connectivity index (χ0n) is 12.5. The fourth-order valence-corrected chi connectivity index (χ4v) is 3.28. The number of carbonyl (C=O) groups excluding carboxylic acids is 1. The molecule has 0 radical (unpaired) electrons. The quantitative estimate of drug-likeness (QED) is 0.676. The summed E-state index contributed by atoms with van der Waals surface area (Å²) in [5.41, 5.74) is 2.03. The van der Waals surface area contributed by atoms with Crippen LogP contribution in [0.5, 0.6) is 0 Å². The van der Waals surface area contributed by atoms with Gasteiger partial charge in [0.05, 0.1) is 5.75 Å². The number of amides is 1. The van der Waals surface area contributed by atoms with Crippen molar-refractivity contribution in [2.75, 3.05) is 11.1 Å². The molecule has 23 heavy (non-hydrogen) atoms. The summed E-state index contributed by atoms with van der Waals surface area (Å²) in [6.45, 7) is 0. The fraction of sp³-hybridized carbons (Fsp3) is 0.105. The van der Waals surface area contributed by atoms with Crippen LogP contribution < -0.4 is 5.32 Å². The van der Waals surface area contributed by atoms with E-state index in [1.165, 1.54) is 0 Å². The first-order valence-corrected chi connectivity index (χ1v) is 8.85. The average molecular weight is 342 g/mol. The van der Waals surface area contributed by atoms with Crippen molar-refractivity contribution in [1.82, 2.24) is 0 Å². The van der Waals surface area contributed by atoms with E-state index in [9.17, 15) is 4.79 Å².